The molecular formula is C24H26N2O6. The van der Waals surface area contributed by atoms with Crippen molar-refractivity contribution in [3.63, 3.8) is 0 Å². The van der Waals surface area contributed by atoms with E-state index >= 15 is 0 Å². The summed E-state index contributed by atoms with van der Waals surface area (Å²) in [6.45, 7) is 0.920. The molecule has 1 saturated heterocycles. The number of nitrogens with one attached hydrogen (secondary N) is 1. The number of carboxylic acid groups (broad SMARTS) is 1. The number of nitrogens with zero attached hydrogens (tertiary/aromatic N) is 1. The number of aliphatic carboxylic acids is 1. The molecule has 2 aromatic rings. The molecule has 8 heteroatoms. The topological polar surface area (TPSA) is 105 Å². The smallest absolute Gasteiger partial charge is 0.407 e. The maximum atomic E-state index is 12.4. The number of hydrogen-bond donors (Lipinski definition) is 2. The van der Waals surface area contributed by atoms with Crippen molar-refractivity contribution in [2.75, 3.05) is 39.9 Å². The molecule has 1 heterocycles. The molecule has 2 aliphatic rings. The van der Waals surface area contributed by atoms with E-state index in [1.54, 1.807) is 4.90 Å². The third-order valence-corrected chi connectivity index (χ3v) is 6.23. The van der Waals surface area contributed by atoms with Crippen molar-refractivity contribution in [2.45, 2.75) is 5.92 Å². The number of likely N-dealkylation sites (tertiary alicyclic amines) is 1. The van der Waals surface area contributed by atoms with Gasteiger partial charge in [0, 0.05) is 31.5 Å². The largest absolute Gasteiger partial charge is 0.480 e. The fourth-order valence-corrected chi connectivity index (χ4v) is 4.77. The highest BCUT2D eigenvalue weighted by molar-refractivity contribution is 5.79. The minimum atomic E-state index is -0.959. The molecule has 168 valence electrons. The zero-order valence-electron chi connectivity index (χ0n) is 17.8. The van der Waals surface area contributed by atoms with Gasteiger partial charge < -0.3 is 19.9 Å². The van der Waals surface area contributed by atoms with Crippen LogP contribution in [0.4, 0.5) is 4.79 Å². The van der Waals surface area contributed by atoms with Gasteiger partial charge in [0.25, 0.3) is 0 Å². The van der Waals surface area contributed by atoms with Crippen LogP contribution in [0.2, 0.25) is 0 Å². The molecule has 1 aliphatic carbocycles. The van der Waals surface area contributed by atoms with Crippen LogP contribution in [0, 0.1) is 11.8 Å². The monoisotopic (exact) mass is 438 g/mol. The van der Waals surface area contributed by atoms with Crippen LogP contribution in [0.25, 0.3) is 11.1 Å². The van der Waals surface area contributed by atoms with Gasteiger partial charge in [-0.15, -0.1) is 0 Å². The lowest BCUT2D eigenvalue weighted by Gasteiger charge is -2.18. The van der Waals surface area contributed by atoms with Crippen LogP contribution < -0.4 is 5.32 Å². The molecular weight excluding hydrogens is 412 g/mol. The SMILES string of the molecule is COC(=O)C1CN(CC(=O)O)CC1CNC(=O)OCC1c2ccccc2-c2ccccc21. The molecule has 4 rings (SSSR count). The maximum Gasteiger partial charge on any atom is 0.407 e. The Bertz CT molecular complexity index is 978. The van der Waals surface area contributed by atoms with Crippen molar-refractivity contribution in [1.82, 2.24) is 10.2 Å². The van der Waals surface area contributed by atoms with E-state index in [-0.39, 0.29) is 38.1 Å². The summed E-state index contributed by atoms with van der Waals surface area (Å²) in [5.41, 5.74) is 4.57. The molecule has 2 N–H and O–H groups in total. The van der Waals surface area contributed by atoms with Gasteiger partial charge in [-0.3, -0.25) is 14.5 Å². The third-order valence-electron chi connectivity index (χ3n) is 6.23. The van der Waals surface area contributed by atoms with Gasteiger partial charge in [0.05, 0.1) is 19.6 Å². The quantitative estimate of drug-likeness (QED) is 0.639. The van der Waals surface area contributed by atoms with Crippen LogP contribution in [0.3, 0.4) is 0 Å². The summed E-state index contributed by atoms with van der Waals surface area (Å²) >= 11 is 0. The third kappa shape index (κ3) is 4.45. The van der Waals surface area contributed by atoms with Crippen molar-refractivity contribution >= 4 is 18.0 Å². The summed E-state index contributed by atoms with van der Waals surface area (Å²) in [5.74, 6) is -2.14. The first-order valence-corrected chi connectivity index (χ1v) is 10.6. The van der Waals surface area contributed by atoms with E-state index in [1.165, 1.54) is 7.11 Å². The Kier molecular flexibility index (Phi) is 6.41. The summed E-state index contributed by atoms with van der Waals surface area (Å²) < 4.78 is 10.4. The van der Waals surface area contributed by atoms with Gasteiger partial charge in [-0.25, -0.2) is 4.79 Å². The van der Waals surface area contributed by atoms with Crippen molar-refractivity contribution in [3.05, 3.63) is 59.7 Å². The second kappa shape index (κ2) is 9.40. The van der Waals surface area contributed by atoms with Crippen molar-refractivity contribution in [1.29, 1.82) is 0 Å². The highest BCUT2D eigenvalue weighted by atomic mass is 16.5. The van der Waals surface area contributed by atoms with E-state index in [0.29, 0.717) is 6.54 Å². The van der Waals surface area contributed by atoms with Crippen LogP contribution in [-0.2, 0) is 19.1 Å². The Morgan fingerprint density at radius 1 is 1.03 bits per heavy atom. The number of methoxy groups -OCH3 is 1. The van der Waals surface area contributed by atoms with Crippen LogP contribution >= 0.6 is 0 Å². The fourth-order valence-electron chi connectivity index (χ4n) is 4.77. The minimum absolute atomic E-state index is 0.0338. The number of hydrogen-bond acceptors (Lipinski definition) is 6. The highest BCUT2D eigenvalue weighted by Crippen LogP contribution is 2.44. The van der Waals surface area contributed by atoms with E-state index in [0.717, 1.165) is 22.3 Å². The van der Waals surface area contributed by atoms with Gasteiger partial charge in [-0.2, -0.15) is 0 Å². The molecule has 0 spiro atoms. The zero-order chi connectivity index (χ0) is 22.7. The van der Waals surface area contributed by atoms with Crippen molar-refractivity contribution < 1.29 is 29.0 Å². The van der Waals surface area contributed by atoms with E-state index in [4.69, 9.17) is 14.6 Å². The standard InChI is InChI=1S/C24H26N2O6/c1-31-23(29)20-12-26(13-22(27)28)11-15(20)10-25-24(30)32-14-21-18-8-4-2-6-16(18)17-7-3-5-9-19(17)21/h2-9,15,20-21H,10-14H2,1H3,(H,25,30)(H,27,28). The molecule has 0 aromatic heterocycles. The Labute approximate surface area is 186 Å². The van der Waals surface area contributed by atoms with Crippen LogP contribution in [-0.4, -0.2) is 67.9 Å². The molecule has 0 radical (unpaired) electrons. The Hall–Kier alpha value is -3.39. The fraction of sp³-hybridized carbons (Fsp3) is 0.375. The number of carboxylic acids is 1. The first kappa shape index (κ1) is 21.8. The van der Waals surface area contributed by atoms with Gasteiger partial charge in [0.15, 0.2) is 0 Å². The van der Waals surface area contributed by atoms with E-state index < -0.39 is 23.9 Å². The molecule has 0 saturated carbocycles. The molecule has 2 atom stereocenters. The summed E-state index contributed by atoms with van der Waals surface area (Å²) in [7, 11) is 1.30. The van der Waals surface area contributed by atoms with E-state index in [9.17, 15) is 14.4 Å². The van der Waals surface area contributed by atoms with Crippen molar-refractivity contribution in [3.8, 4) is 11.1 Å². The lowest BCUT2D eigenvalue weighted by atomic mass is 9.96. The first-order valence-electron chi connectivity index (χ1n) is 10.6. The number of benzene rings is 2. The molecule has 1 aliphatic heterocycles. The van der Waals surface area contributed by atoms with Gasteiger partial charge in [0.1, 0.15) is 6.61 Å². The predicted molar refractivity (Wildman–Crippen MR) is 116 cm³/mol. The minimum Gasteiger partial charge on any atom is -0.480 e. The summed E-state index contributed by atoms with van der Waals surface area (Å²) in [5, 5.41) is 11.8. The lowest BCUT2D eigenvalue weighted by molar-refractivity contribution is -0.146. The molecule has 2 aromatic carbocycles. The van der Waals surface area contributed by atoms with Crippen LogP contribution in [0.1, 0.15) is 17.0 Å². The number of alkyl carbamates (subject to hydrolysis) is 1. The van der Waals surface area contributed by atoms with Gasteiger partial charge in [0.2, 0.25) is 0 Å². The second-order valence-electron chi connectivity index (χ2n) is 8.18. The number of ether oxygens (including phenoxy) is 2. The van der Waals surface area contributed by atoms with Gasteiger partial charge >= 0.3 is 18.0 Å². The Morgan fingerprint density at radius 3 is 2.25 bits per heavy atom. The Morgan fingerprint density at radius 2 is 1.66 bits per heavy atom. The Balaban J connectivity index is 1.35. The first-order chi connectivity index (χ1) is 15.5. The number of carbonyl (C=O) groups excluding carboxylic acids is 2. The van der Waals surface area contributed by atoms with Crippen LogP contribution in [0.15, 0.2) is 48.5 Å². The highest BCUT2D eigenvalue weighted by Gasteiger charge is 2.39. The number of amides is 1. The molecule has 0 bridgehead atoms. The zero-order valence-corrected chi connectivity index (χ0v) is 17.8. The second-order valence-corrected chi connectivity index (χ2v) is 8.18. The number of esters is 1. The lowest BCUT2D eigenvalue weighted by Crippen LogP contribution is -2.36. The maximum absolute atomic E-state index is 12.4. The average Bonchev–Trinajstić information content (AvgIpc) is 3.34. The molecule has 1 amide bonds. The number of carbonyl (C=O) groups is 3. The van der Waals surface area contributed by atoms with E-state index in [1.807, 2.05) is 24.3 Å². The summed E-state index contributed by atoms with van der Waals surface area (Å²) in [6, 6.07) is 16.2. The van der Waals surface area contributed by atoms with Gasteiger partial charge in [-0.1, -0.05) is 48.5 Å². The molecule has 1 fully saturated rings. The van der Waals surface area contributed by atoms with Crippen LogP contribution in [0.5, 0.6) is 0 Å². The predicted octanol–water partition coefficient (Wildman–Crippen LogP) is 2.33. The number of fused-ring (bicyclic) bond motifs is 3. The normalized spacial score (nSPS) is 19.8. The summed E-state index contributed by atoms with van der Waals surface area (Å²) in [4.78, 5) is 37.2. The van der Waals surface area contributed by atoms with Gasteiger partial charge in [-0.05, 0) is 22.3 Å². The van der Waals surface area contributed by atoms with Crippen molar-refractivity contribution in [2.24, 2.45) is 11.8 Å². The number of rotatable bonds is 7. The molecule has 8 nitrogen and oxygen atoms in total. The molecule has 2 unspecified atom stereocenters. The average molecular weight is 438 g/mol. The van der Waals surface area contributed by atoms with E-state index in [2.05, 4.69) is 29.6 Å². The molecule has 32 heavy (non-hydrogen) atoms. The summed E-state index contributed by atoms with van der Waals surface area (Å²) in [6.07, 6.45) is -0.563.